The summed E-state index contributed by atoms with van der Waals surface area (Å²) in [7, 11) is 1.75. The zero-order chi connectivity index (χ0) is 11.3. The Labute approximate surface area is 88.5 Å². The molecule has 0 bridgehead atoms. The van der Waals surface area contributed by atoms with Crippen molar-refractivity contribution in [2.24, 2.45) is 0 Å². The van der Waals surface area contributed by atoms with Crippen molar-refractivity contribution in [1.29, 1.82) is 0 Å². The molecule has 0 aromatic carbocycles. The summed E-state index contributed by atoms with van der Waals surface area (Å²) in [6, 6.07) is 0. The highest BCUT2D eigenvalue weighted by molar-refractivity contribution is 5.81. The topological polar surface area (TPSA) is 84.1 Å². The molecule has 82 valence electrons. The van der Waals surface area contributed by atoms with Crippen LogP contribution in [-0.4, -0.2) is 36.0 Å². The quantitative estimate of drug-likeness (QED) is 0.707. The van der Waals surface area contributed by atoms with Gasteiger partial charge >= 0.3 is 0 Å². The maximum atomic E-state index is 11.3. The molecule has 0 aliphatic heterocycles. The molecule has 0 aliphatic rings. The van der Waals surface area contributed by atoms with Crippen molar-refractivity contribution < 1.29 is 4.79 Å². The highest BCUT2D eigenvalue weighted by atomic mass is 16.2. The van der Waals surface area contributed by atoms with Crippen LogP contribution in [0.3, 0.4) is 0 Å². The van der Waals surface area contributed by atoms with Gasteiger partial charge in [-0.1, -0.05) is 0 Å². The van der Waals surface area contributed by atoms with Gasteiger partial charge < -0.3 is 16.0 Å². The highest BCUT2D eigenvalue weighted by Gasteiger charge is 2.10. The Hall–Kier alpha value is -1.85. The lowest BCUT2D eigenvalue weighted by molar-refractivity contribution is -0.119. The molecule has 15 heavy (non-hydrogen) atoms. The fourth-order valence-corrected chi connectivity index (χ4v) is 1.18. The smallest absolute Gasteiger partial charge is 0.239 e. The largest absolute Gasteiger partial charge is 0.381 e. The number of hydrogen-bond acceptors (Lipinski definition) is 5. The number of hydrogen-bond donors (Lipinski definition) is 2. The molecule has 1 amide bonds. The molecular formula is C9H15N5O. The van der Waals surface area contributed by atoms with Crippen molar-refractivity contribution in [1.82, 2.24) is 15.3 Å². The van der Waals surface area contributed by atoms with Crippen molar-refractivity contribution >= 4 is 17.5 Å². The first-order valence-corrected chi connectivity index (χ1v) is 4.69. The fourth-order valence-electron chi connectivity index (χ4n) is 1.18. The van der Waals surface area contributed by atoms with Crippen LogP contribution in [0.2, 0.25) is 0 Å². The number of nitrogen functional groups attached to an aromatic ring is 1. The fraction of sp³-hybridized carbons (Fsp3) is 0.444. The van der Waals surface area contributed by atoms with Crippen LogP contribution < -0.4 is 16.0 Å². The lowest BCUT2D eigenvalue weighted by Gasteiger charge is -2.17. The Morgan fingerprint density at radius 1 is 1.53 bits per heavy atom. The number of amides is 1. The minimum Gasteiger partial charge on any atom is -0.381 e. The molecule has 0 aliphatic carbocycles. The SMILES string of the molecule is CCNC(=O)CN(C)c1nccnc1N. The van der Waals surface area contributed by atoms with Crippen molar-refractivity contribution in [2.45, 2.75) is 6.92 Å². The third-order valence-electron chi connectivity index (χ3n) is 1.82. The van der Waals surface area contributed by atoms with Gasteiger partial charge in [0.2, 0.25) is 5.91 Å². The Morgan fingerprint density at radius 3 is 2.80 bits per heavy atom. The van der Waals surface area contributed by atoms with E-state index < -0.39 is 0 Å². The van der Waals surface area contributed by atoms with Gasteiger partial charge in [0, 0.05) is 26.0 Å². The summed E-state index contributed by atoms with van der Waals surface area (Å²) >= 11 is 0. The van der Waals surface area contributed by atoms with Gasteiger partial charge in [0.1, 0.15) is 0 Å². The van der Waals surface area contributed by atoms with Crippen LogP contribution in [0.1, 0.15) is 6.92 Å². The molecule has 1 rings (SSSR count). The van der Waals surface area contributed by atoms with Crippen LogP contribution in [0, 0.1) is 0 Å². The number of carbonyl (C=O) groups is 1. The monoisotopic (exact) mass is 209 g/mol. The molecule has 1 aromatic heterocycles. The second kappa shape index (κ2) is 5.14. The lowest BCUT2D eigenvalue weighted by atomic mass is 10.4. The molecule has 6 heteroatoms. The minimum atomic E-state index is -0.0648. The van der Waals surface area contributed by atoms with E-state index in [1.807, 2.05) is 6.92 Å². The Balaban J connectivity index is 2.65. The summed E-state index contributed by atoms with van der Waals surface area (Å²) in [4.78, 5) is 20.9. The summed E-state index contributed by atoms with van der Waals surface area (Å²) < 4.78 is 0. The Bertz CT molecular complexity index is 341. The highest BCUT2D eigenvalue weighted by Crippen LogP contribution is 2.13. The molecular weight excluding hydrogens is 194 g/mol. The third kappa shape index (κ3) is 3.08. The van der Waals surface area contributed by atoms with Gasteiger partial charge in [-0.25, -0.2) is 9.97 Å². The Kier molecular flexibility index (Phi) is 3.84. The van der Waals surface area contributed by atoms with Crippen LogP contribution in [0.15, 0.2) is 12.4 Å². The van der Waals surface area contributed by atoms with Crippen molar-refractivity contribution in [2.75, 3.05) is 30.8 Å². The molecule has 6 nitrogen and oxygen atoms in total. The van der Waals surface area contributed by atoms with Gasteiger partial charge in [0.15, 0.2) is 11.6 Å². The van der Waals surface area contributed by atoms with Crippen molar-refractivity contribution in [3.8, 4) is 0 Å². The van der Waals surface area contributed by atoms with Crippen LogP contribution in [0.25, 0.3) is 0 Å². The first kappa shape index (κ1) is 11.2. The molecule has 1 heterocycles. The number of aromatic nitrogens is 2. The van der Waals surface area contributed by atoms with Crippen LogP contribution >= 0.6 is 0 Å². The summed E-state index contributed by atoms with van der Waals surface area (Å²) in [6.45, 7) is 2.70. The van der Waals surface area contributed by atoms with Gasteiger partial charge in [-0.05, 0) is 6.92 Å². The van der Waals surface area contributed by atoms with E-state index in [-0.39, 0.29) is 12.5 Å². The van der Waals surface area contributed by atoms with Crippen LogP contribution in [-0.2, 0) is 4.79 Å². The summed E-state index contributed by atoms with van der Waals surface area (Å²) in [6.07, 6.45) is 3.05. The molecule has 0 fully saturated rings. The average Bonchev–Trinajstić information content (AvgIpc) is 2.18. The van der Waals surface area contributed by atoms with Gasteiger partial charge in [-0.2, -0.15) is 0 Å². The molecule has 0 unspecified atom stereocenters. The number of rotatable bonds is 4. The number of anilines is 2. The van der Waals surface area contributed by atoms with E-state index in [1.165, 1.54) is 6.20 Å². The van der Waals surface area contributed by atoms with Gasteiger partial charge in [-0.3, -0.25) is 4.79 Å². The zero-order valence-corrected chi connectivity index (χ0v) is 8.90. The van der Waals surface area contributed by atoms with E-state index in [0.29, 0.717) is 18.2 Å². The molecule has 0 saturated carbocycles. The van der Waals surface area contributed by atoms with E-state index in [0.717, 1.165) is 0 Å². The second-order valence-electron chi connectivity index (χ2n) is 3.07. The third-order valence-corrected chi connectivity index (χ3v) is 1.82. The molecule has 0 spiro atoms. The first-order valence-electron chi connectivity index (χ1n) is 4.69. The Morgan fingerprint density at radius 2 is 2.20 bits per heavy atom. The number of nitrogens with two attached hydrogens (primary N) is 1. The first-order chi connectivity index (χ1) is 7.15. The van der Waals surface area contributed by atoms with Crippen LogP contribution in [0.5, 0.6) is 0 Å². The predicted octanol–water partition coefficient (Wildman–Crippen LogP) is -0.369. The van der Waals surface area contributed by atoms with E-state index in [4.69, 9.17) is 5.73 Å². The van der Waals surface area contributed by atoms with Gasteiger partial charge in [0.25, 0.3) is 0 Å². The second-order valence-corrected chi connectivity index (χ2v) is 3.07. The minimum absolute atomic E-state index is 0.0648. The number of likely N-dealkylation sites (N-methyl/N-ethyl adjacent to an activating group) is 2. The van der Waals surface area contributed by atoms with Crippen molar-refractivity contribution in [3.05, 3.63) is 12.4 Å². The van der Waals surface area contributed by atoms with Crippen LogP contribution in [0.4, 0.5) is 11.6 Å². The van der Waals surface area contributed by atoms with Gasteiger partial charge in [-0.15, -0.1) is 0 Å². The maximum Gasteiger partial charge on any atom is 0.239 e. The molecule has 3 N–H and O–H groups in total. The lowest BCUT2D eigenvalue weighted by Crippen LogP contribution is -2.35. The van der Waals surface area contributed by atoms with Crippen molar-refractivity contribution in [3.63, 3.8) is 0 Å². The number of carbonyl (C=O) groups excluding carboxylic acids is 1. The zero-order valence-electron chi connectivity index (χ0n) is 8.90. The summed E-state index contributed by atoms with van der Waals surface area (Å²) in [5, 5.41) is 2.70. The predicted molar refractivity (Wildman–Crippen MR) is 58.4 cm³/mol. The normalized spacial score (nSPS) is 9.73. The molecule has 0 saturated heterocycles. The number of nitrogens with one attached hydrogen (secondary N) is 1. The molecule has 1 aromatic rings. The average molecular weight is 209 g/mol. The van der Waals surface area contributed by atoms with E-state index in [1.54, 1.807) is 18.1 Å². The van der Waals surface area contributed by atoms with E-state index in [2.05, 4.69) is 15.3 Å². The summed E-state index contributed by atoms with van der Waals surface area (Å²) in [5.74, 6) is 0.776. The van der Waals surface area contributed by atoms with Gasteiger partial charge in [0.05, 0.1) is 6.54 Å². The summed E-state index contributed by atoms with van der Waals surface area (Å²) in [5.41, 5.74) is 5.62. The van der Waals surface area contributed by atoms with E-state index >= 15 is 0 Å². The maximum absolute atomic E-state index is 11.3. The molecule has 0 radical (unpaired) electrons. The van der Waals surface area contributed by atoms with E-state index in [9.17, 15) is 4.79 Å². The molecule has 0 atom stereocenters. The number of nitrogens with zero attached hydrogens (tertiary/aromatic N) is 3. The standard InChI is InChI=1S/C9H15N5O/c1-3-11-7(15)6-14(2)9-8(10)12-4-5-13-9/h4-5H,3,6H2,1-2H3,(H2,10,12)(H,11,15).